The second kappa shape index (κ2) is 12.4. The molecule has 0 saturated heterocycles. The summed E-state index contributed by atoms with van der Waals surface area (Å²) >= 11 is 9.69. The van der Waals surface area contributed by atoms with Crippen LogP contribution in [0.2, 0.25) is 5.02 Å². The van der Waals surface area contributed by atoms with Gasteiger partial charge in [-0.05, 0) is 104 Å². The smallest absolute Gasteiger partial charge is 0.352 e. The number of rotatable bonds is 11. The molecule has 0 radical (unpaired) electrons. The van der Waals surface area contributed by atoms with E-state index in [-0.39, 0.29) is 29.2 Å². The fourth-order valence-electron chi connectivity index (χ4n) is 8.52. The molecule has 1 unspecified atom stereocenters. The number of amides is 2. The van der Waals surface area contributed by atoms with Crippen LogP contribution < -0.4 is 10.1 Å². The first-order valence-electron chi connectivity index (χ1n) is 15.7. The molecule has 1 atom stereocenters. The maximum absolute atomic E-state index is 14.5. The molecule has 1 heterocycles. The molecule has 8 nitrogen and oxygen atoms in total. The van der Waals surface area contributed by atoms with Crippen LogP contribution in [0, 0.1) is 17.8 Å². The monoisotopic (exact) mass is 703 g/mol. The summed E-state index contributed by atoms with van der Waals surface area (Å²) in [6.45, 7) is 0.497. The van der Waals surface area contributed by atoms with Crippen molar-refractivity contribution in [3.05, 3.63) is 98.6 Å². The summed E-state index contributed by atoms with van der Waals surface area (Å²) in [6, 6.07) is 19.1. The molecule has 4 aliphatic rings. The van der Waals surface area contributed by atoms with Crippen molar-refractivity contribution in [2.45, 2.75) is 63.3 Å². The topological polar surface area (TPSA) is 112 Å². The molecule has 2 amide bonds. The third-order valence-corrected chi connectivity index (χ3v) is 10.8. The van der Waals surface area contributed by atoms with E-state index in [0.29, 0.717) is 52.4 Å². The van der Waals surface area contributed by atoms with E-state index in [2.05, 4.69) is 26.2 Å². The lowest BCUT2D eigenvalue weighted by molar-refractivity contribution is -0.137. The van der Waals surface area contributed by atoms with E-state index in [4.69, 9.17) is 16.3 Å². The van der Waals surface area contributed by atoms with Crippen molar-refractivity contribution in [3.8, 4) is 5.75 Å². The number of nitrogens with one attached hydrogen (secondary N) is 2. The molecule has 1 aromatic heterocycles. The number of carbonyl (C=O) groups excluding carboxylic acids is 2. The van der Waals surface area contributed by atoms with Crippen molar-refractivity contribution in [2.75, 3.05) is 0 Å². The number of carboxylic acid groups (broad SMARTS) is 1. The Hall–Kier alpha value is -3.82. The van der Waals surface area contributed by atoms with Gasteiger partial charge in [-0.3, -0.25) is 9.59 Å². The van der Waals surface area contributed by atoms with Crippen molar-refractivity contribution in [1.29, 1.82) is 0 Å². The highest BCUT2D eigenvalue weighted by Gasteiger charge is 2.52. The number of carboxylic acids is 1. The van der Waals surface area contributed by atoms with Crippen molar-refractivity contribution in [2.24, 2.45) is 17.8 Å². The van der Waals surface area contributed by atoms with E-state index >= 15 is 0 Å². The summed E-state index contributed by atoms with van der Waals surface area (Å²) in [5.41, 5.74) is 2.09. The highest BCUT2D eigenvalue weighted by Crippen LogP contribution is 2.56. The van der Waals surface area contributed by atoms with Crippen LogP contribution in [0.5, 0.6) is 5.75 Å². The Morgan fingerprint density at radius 1 is 1.00 bits per heavy atom. The van der Waals surface area contributed by atoms with Gasteiger partial charge in [-0.15, -0.1) is 0 Å². The lowest BCUT2D eigenvalue weighted by atomic mass is 9.53. The summed E-state index contributed by atoms with van der Waals surface area (Å²) in [5.74, 6) is 0.890. The minimum absolute atomic E-state index is 0.0920. The molecular formula is C36H35BrClN3O5. The average molecular weight is 705 g/mol. The van der Waals surface area contributed by atoms with Crippen LogP contribution in [0.1, 0.15) is 71.7 Å². The number of nitrogens with zero attached hydrogens (tertiary/aromatic N) is 1. The number of aromatic carboxylic acids is 1. The SMILES string of the molecule is O=CN(Cc1ccc(OCc2ccc(Br)cc2)cc1)C(C(=O)NC12CC3CC(CC(C3)C1)C2)c1c(C(=O)O)[nH]c2cc(Cl)ccc12. The molecule has 4 bridgehead atoms. The number of halogens is 2. The van der Waals surface area contributed by atoms with Gasteiger partial charge < -0.3 is 25.0 Å². The van der Waals surface area contributed by atoms with E-state index in [1.54, 1.807) is 18.2 Å². The Balaban J connectivity index is 1.19. The second-order valence-corrected chi connectivity index (χ2v) is 14.7. The van der Waals surface area contributed by atoms with Gasteiger partial charge in [0.05, 0.1) is 0 Å². The number of fused-ring (bicyclic) bond motifs is 1. The van der Waals surface area contributed by atoms with Crippen LogP contribution in [-0.2, 0) is 22.7 Å². The predicted molar refractivity (Wildman–Crippen MR) is 179 cm³/mol. The van der Waals surface area contributed by atoms with E-state index in [9.17, 15) is 19.5 Å². The second-order valence-electron chi connectivity index (χ2n) is 13.3. The largest absolute Gasteiger partial charge is 0.489 e. The Morgan fingerprint density at radius 2 is 1.63 bits per heavy atom. The Bertz CT molecular complexity index is 1750. The predicted octanol–water partition coefficient (Wildman–Crippen LogP) is 7.65. The fraction of sp³-hybridized carbons (Fsp3) is 0.361. The highest BCUT2D eigenvalue weighted by atomic mass is 79.9. The van der Waals surface area contributed by atoms with Crippen LogP contribution in [0.25, 0.3) is 10.9 Å². The zero-order chi connectivity index (χ0) is 32.0. The van der Waals surface area contributed by atoms with E-state index in [1.807, 2.05) is 48.5 Å². The first-order chi connectivity index (χ1) is 22.2. The molecule has 3 aromatic carbocycles. The van der Waals surface area contributed by atoms with Gasteiger partial charge in [-0.25, -0.2) is 4.79 Å². The summed E-state index contributed by atoms with van der Waals surface area (Å²) in [5, 5.41) is 14.6. The molecule has 0 spiro atoms. The van der Waals surface area contributed by atoms with Crippen LogP contribution in [0.15, 0.2) is 71.2 Å². The normalized spacial score (nSPS) is 23.7. The molecule has 4 aromatic rings. The maximum atomic E-state index is 14.5. The van der Waals surface area contributed by atoms with Gasteiger partial charge in [-0.2, -0.15) is 0 Å². The van der Waals surface area contributed by atoms with E-state index in [0.717, 1.165) is 34.9 Å². The molecule has 3 N–H and O–H groups in total. The molecule has 4 saturated carbocycles. The van der Waals surface area contributed by atoms with E-state index in [1.165, 1.54) is 24.2 Å². The van der Waals surface area contributed by atoms with Gasteiger partial charge in [0.1, 0.15) is 24.1 Å². The van der Waals surface area contributed by atoms with Gasteiger partial charge in [0.25, 0.3) is 0 Å². The number of H-pyrrole nitrogens is 1. The number of hydrogen-bond acceptors (Lipinski definition) is 4. The van der Waals surface area contributed by atoms with Crippen molar-refractivity contribution < 1.29 is 24.2 Å². The molecular weight excluding hydrogens is 670 g/mol. The first kappa shape index (κ1) is 30.8. The van der Waals surface area contributed by atoms with Crippen molar-refractivity contribution in [1.82, 2.24) is 15.2 Å². The number of aromatic nitrogens is 1. The highest BCUT2D eigenvalue weighted by molar-refractivity contribution is 9.10. The Labute approximate surface area is 280 Å². The Kier molecular flexibility index (Phi) is 8.32. The summed E-state index contributed by atoms with van der Waals surface area (Å²) in [4.78, 5) is 44.3. The van der Waals surface area contributed by atoms with Crippen molar-refractivity contribution in [3.63, 3.8) is 0 Å². The van der Waals surface area contributed by atoms with Crippen LogP contribution in [0.3, 0.4) is 0 Å². The number of hydrogen-bond donors (Lipinski definition) is 3. The minimum atomic E-state index is -1.21. The number of ether oxygens (including phenoxy) is 1. The zero-order valence-electron chi connectivity index (χ0n) is 25.2. The van der Waals surface area contributed by atoms with Gasteiger partial charge in [-0.1, -0.05) is 57.9 Å². The summed E-state index contributed by atoms with van der Waals surface area (Å²) in [7, 11) is 0. The Morgan fingerprint density at radius 3 is 2.24 bits per heavy atom. The number of aromatic amines is 1. The molecule has 0 aliphatic heterocycles. The van der Waals surface area contributed by atoms with Crippen LogP contribution in [-0.4, -0.2) is 38.8 Å². The zero-order valence-corrected chi connectivity index (χ0v) is 27.5. The third-order valence-electron chi connectivity index (χ3n) is 10.0. The minimum Gasteiger partial charge on any atom is -0.489 e. The van der Waals surface area contributed by atoms with Crippen molar-refractivity contribution >= 4 is 56.7 Å². The van der Waals surface area contributed by atoms with Gasteiger partial charge in [0, 0.05) is 38.0 Å². The standard InChI is InChI=1S/C36H35BrClN3O5/c37-26-5-1-22(2-6-26)19-46-28-8-3-21(4-9-28)18-41(20-42)33(31-29-10-7-27(38)14-30(29)39-32(31)35(44)45)34(43)40-36-15-23-11-24(16-36)13-25(12-23)17-36/h1-10,14,20,23-25,33,39H,11-13,15-19H2,(H,40,43)(H,44,45). The third kappa shape index (κ3) is 6.15. The van der Waals surface area contributed by atoms with Crippen LogP contribution >= 0.6 is 27.5 Å². The molecule has 238 valence electrons. The number of carbonyl (C=O) groups is 3. The number of benzene rings is 3. The molecule has 10 heteroatoms. The molecule has 4 aliphatic carbocycles. The van der Waals surface area contributed by atoms with Gasteiger partial charge in [0.15, 0.2) is 0 Å². The van der Waals surface area contributed by atoms with Crippen LogP contribution in [0.4, 0.5) is 0 Å². The fourth-order valence-corrected chi connectivity index (χ4v) is 8.96. The maximum Gasteiger partial charge on any atom is 0.352 e. The van der Waals surface area contributed by atoms with Gasteiger partial charge >= 0.3 is 5.97 Å². The summed E-state index contributed by atoms with van der Waals surface area (Å²) < 4.78 is 6.95. The first-order valence-corrected chi connectivity index (χ1v) is 16.9. The average Bonchev–Trinajstić information content (AvgIpc) is 3.38. The molecule has 8 rings (SSSR count). The van der Waals surface area contributed by atoms with Gasteiger partial charge in [0.2, 0.25) is 12.3 Å². The molecule has 4 fully saturated rings. The summed E-state index contributed by atoms with van der Waals surface area (Å²) in [6.07, 6.45) is 7.07. The lowest BCUT2D eigenvalue weighted by Gasteiger charge is -2.57. The lowest BCUT2D eigenvalue weighted by Crippen LogP contribution is -2.61. The molecule has 46 heavy (non-hydrogen) atoms. The van der Waals surface area contributed by atoms with E-state index < -0.39 is 12.0 Å². The quantitative estimate of drug-likeness (QED) is 0.139.